The molecule has 0 aromatic heterocycles. The van der Waals surface area contributed by atoms with Gasteiger partial charge in [-0.05, 0) is 0 Å². The molecule has 0 fully saturated rings. The van der Waals surface area contributed by atoms with E-state index in [1.54, 1.807) is 0 Å². The van der Waals surface area contributed by atoms with Crippen LogP contribution in [0.5, 0.6) is 0 Å². The van der Waals surface area contributed by atoms with E-state index in [2.05, 4.69) is 105 Å². The summed E-state index contributed by atoms with van der Waals surface area (Å²) in [7, 11) is 37.3. The van der Waals surface area contributed by atoms with Crippen LogP contribution in [0.15, 0.2) is 0 Å². The second-order valence-electron chi connectivity index (χ2n) is 22.8. The average molecular weight is 1120 g/mol. The van der Waals surface area contributed by atoms with E-state index in [9.17, 15) is 24.0 Å². The number of carbonyl (C=O) groups is 5. The van der Waals surface area contributed by atoms with Crippen molar-refractivity contribution in [2.75, 3.05) is 209 Å². The number of hydrogen-bond acceptors (Lipinski definition) is 8. The highest BCUT2D eigenvalue weighted by atomic mass is 35.5. The highest BCUT2D eigenvalue weighted by Gasteiger charge is 2.18. The molecule has 5 N–H and O–H groups in total. The van der Waals surface area contributed by atoms with Gasteiger partial charge in [-0.1, -0.05) is 7.43 Å². The van der Waals surface area contributed by atoms with Gasteiger partial charge in [-0.25, -0.2) is 0 Å². The number of rotatable bonds is 41. The Kier molecular flexibility index (Phi) is 49.1. The lowest BCUT2D eigenvalue weighted by molar-refractivity contribution is -0.870. The second-order valence-corrected chi connectivity index (χ2v) is 22.8. The van der Waals surface area contributed by atoms with Crippen LogP contribution in [0.3, 0.4) is 0 Å². The van der Waals surface area contributed by atoms with Crippen molar-refractivity contribution in [1.82, 2.24) is 41.3 Å². The zero-order chi connectivity index (χ0) is 51.2. The van der Waals surface area contributed by atoms with Crippen molar-refractivity contribution in [3.05, 3.63) is 21.1 Å². The number of carbonyl (C=O) groups excluding carboxylic acids is 5. The van der Waals surface area contributed by atoms with Crippen molar-refractivity contribution >= 4 is 54.3 Å². The van der Waals surface area contributed by atoms with Crippen LogP contribution in [0, 0.1) is 21.1 Å². The molecule has 72 heavy (non-hydrogen) atoms. The molecule has 0 aliphatic rings. The van der Waals surface area contributed by atoms with Gasteiger partial charge in [0.1, 0.15) is 0 Å². The summed E-state index contributed by atoms with van der Waals surface area (Å²) in [6.45, 7) is 12.3. The van der Waals surface area contributed by atoms with Crippen LogP contribution >= 0.6 is 24.8 Å². The van der Waals surface area contributed by atoms with E-state index in [1.807, 2.05) is 42.3 Å². The average Bonchev–Trinajstić information content (AvgIpc) is 3.19. The molecule has 0 saturated heterocycles. The standard InChI is InChI=1S/C49H103N13O5.CH4.4ClH/c1-58(2,3)40-16-26-50-45(63)21-31-55(32-22-46(64)51-27-17-41-59(4,5)6)36-38-57(35-25-49(67)54-30-20-44-62(13,14)15)39-37-56(33-23-47(65)52-28-18-42-60(7,8)9)34-24-48(66)53-29-19-43-61(10,11)12;;;;;/h1,4,13,16-44H2,2-3,5-12,14-15H3,(H3-2,50,51,52,53,54,63,64,65,66,67);1H4;4*1H. The molecule has 434 valence electrons. The third kappa shape index (κ3) is 57.5. The Labute approximate surface area is 466 Å². The monoisotopic (exact) mass is 1110 g/mol. The maximum Gasteiger partial charge on any atom is 0.221 e. The molecule has 0 aliphatic heterocycles. The Hall–Kier alpha value is -1.81. The normalized spacial score (nSPS) is 11.9. The fraction of sp³-hybridized carbons (Fsp3) is 0.840. The first-order valence-corrected chi connectivity index (χ1v) is 25.0. The highest BCUT2D eigenvalue weighted by molar-refractivity contribution is 5.85. The van der Waals surface area contributed by atoms with Crippen LogP contribution in [0.2, 0.25) is 0 Å². The molecule has 0 aromatic carbocycles. The van der Waals surface area contributed by atoms with E-state index in [-0.39, 0.29) is 86.6 Å². The number of amides is 5. The maximum absolute atomic E-state index is 13.1. The Bertz CT molecular complexity index is 1240. The summed E-state index contributed by atoms with van der Waals surface area (Å²) in [5.41, 5.74) is 0. The zero-order valence-electron chi connectivity index (χ0n) is 46.8. The Balaban J connectivity index is -0.00000218. The van der Waals surface area contributed by atoms with Crippen molar-refractivity contribution in [2.45, 2.75) is 71.6 Å². The summed E-state index contributed by atoms with van der Waals surface area (Å²) in [4.78, 5) is 71.8. The van der Waals surface area contributed by atoms with Crippen molar-refractivity contribution in [2.24, 2.45) is 0 Å². The molecule has 0 spiro atoms. The molecule has 5 amide bonds. The van der Waals surface area contributed by atoms with Gasteiger partial charge in [-0.2, -0.15) is 0 Å². The fourth-order valence-electron chi connectivity index (χ4n) is 7.08. The first kappa shape index (κ1) is 81.6. The van der Waals surface area contributed by atoms with Gasteiger partial charge in [-0.3, -0.25) is 24.0 Å². The van der Waals surface area contributed by atoms with Gasteiger partial charge in [0.2, 0.25) is 29.5 Å². The summed E-state index contributed by atoms with van der Waals surface area (Å²) < 4.78 is 3.42. The number of nitrogens with zero attached hydrogens (tertiary/aromatic N) is 8. The van der Waals surface area contributed by atoms with Gasteiger partial charge in [-0.15, -0.1) is 46.0 Å². The molecule has 0 rings (SSSR count). The molecule has 18 nitrogen and oxygen atoms in total. The zero-order valence-corrected chi connectivity index (χ0v) is 50.0. The van der Waals surface area contributed by atoms with Crippen LogP contribution in [0.1, 0.15) is 71.6 Å². The topological polar surface area (TPSA) is 155 Å². The van der Waals surface area contributed by atoms with E-state index < -0.39 is 0 Å². The van der Waals surface area contributed by atoms with Gasteiger partial charge in [0.15, 0.2) is 0 Å². The molecule has 0 unspecified atom stereocenters. The molecule has 0 heterocycles. The van der Waals surface area contributed by atoms with Gasteiger partial charge in [0.25, 0.3) is 0 Å². The molecule has 0 atom stereocenters. The Morgan fingerprint density at radius 2 is 0.500 bits per heavy atom. The van der Waals surface area contributed by atoms with E-state index in [0.29, 0.717) is 137 Å². The first-order valence-electron chi connectivity index (χ1n) is 25.0. The Morgan fingerprint density at radius 3 is 0.667 bits per heavy atom. The predicted molar refractivity (Wildman–Crippen MR) is 295 cm³/mol. The maximum atomic E-state index is 13.1. The lowest BCUT2D eigenvalue weighted by Crippen LogP contribution is -3.00. The van der Waals surface area contributed by atoms with Crippen LogP contribution < -0.4 is 51.4 Å². The van der Waals surface area contributed by atoms with E-state index in [1.165, 1.54) is 0 Å². The SMILES string of the molecule is C.Cl.Cl.[CH2-][N+](C)(C)CCCNC(=O)CCN(CCC(=O)NCCC[N+]([CH2-])(C)C)CCN(CCC(=O)NCCC[N+]([CH2-])(C)C)CCN(CCC(=O)NCCC[N+](C)(C)C)CCC(=O)NCCC[N+](C)(C)C.[Cl-].[Cl-]. The van der Waals surface area contributed by atoms with Crippen molar-refractivity contribution in [3.8, 4) is 0 Å². The van der Waals surface area contributed by atoms with E-state index in [0.717, 1.165) is 73.8 Å². The van der Waals surface area contributed by atoms with Crippen molar-refractivity contribution < 1.29 is 71.2 Å². The summed E-state index contributed by atoms with van der Waals surface area (Å²) in [6, 6.07) is 0. The van der Waals surface area contributed by atoms with Crippen LogP contribution in [0.25, 0.3) is 0 Å². The summed E-state index contributed by atoms with van der Waals surface area (Å²) >= 11 is 0. The lowest BCUT2D eigenvalue weighted by atomic mass is 10.2. The van der Waals surface area contributed by atoms with Crippen molar-refractivity contribution in [1.29, 1.82) is 0 Å². The highest BCUT2D eigenvalue weighted by Crippen LogP contribution is 2.05. The number of quaternary nitrogens is 5. The number of halogens is 4. The third-order valence-electron chi connectivity index (χ3n) is 11.2. The largest absolute Gasteiger partial charge is 1.00 e. The van der Waals surface area contributed by atoms with Crippen LogP contribution in [-0.2, 0) is 24.0 Å². The van der Waals surface area contributed by atoms with Gasteiger partial charge in [0, 0.05) is 198 Å². The van der Waals surface area contributed by atoms with E-state index in [4.69, 9.17) is 0 Å². The van der Waals surface area contributed by atoms with Gasteiger partial charge < -0.3 is 88.5 Å². The molecule has 0 aromatic rings. The van der Waals surface area contributed by atoms with Crippen molar-refractivity contribution in [3.63, 3.8) is 0 Å². The van der Waals surface area contributed by atoms with E-state index >= 15 is 0 Å². The molecule has 22 heteroatoms. The molecule has 0 saturated carbocycles. The third-order valence-corrected chi connectivity index (χ3v) is 11.2. The van der Waals surface area contributed by atoms with Gasteiger partial charge in [0.05, 0.1) is 75.0 Å². The summed E-state index contributed by atoms with van der Waals surface area (Å²) in [6.07, 6.45) is 5.79. The molecule has 0 bridgehead atoms. The molecular weight excluding hydrogens is 1000 g/mol. The summed E-state index contributed by atoms with van der Waals surface area (Å²) in [5, 5.41) is 15.3. The first-order chi connectivity index (χ1) is 30.9. The smallest absolute Gasteiger partial charge is 0.221 e. The predicted octanol–water partition coefficient (Wildman–Crippen LogP) is -4.12. The summed E-state index contributed by atoms with van der Waals surface area (Å²) in [5.74, 6) is -0.0988. The molecule has 0 aliphatic carbocycles. The number of nitrogens with one attached hydrogen (secondary N) is 5. The second kappa shape index (κ2) is 43.3. The molecule has 0 radical (unpaired) electrons. The van der Waals surface area contributed by atoms with Crippen LogP contribution in [-0.4, -0.2) is 276 Å². The quantitative estimate of drug-likeness (QED) is 0.0236. The molecular formula is C50H111Cl4N13O5. The number of hydrogen-bond donors (Lipinski definition) is 5. The fourth-order valence-corrected chi connectivity index (χ4v) is 7.08. The Morgan fingerprint density at radius 1 is 0.333 bits per heavy atom. The van der Waals surface area contributed by atoms with Crippen LogP contribution in [0.4, 0.5) is 0 Å². The van der Waals surface area contributed by atoms with Gasteiger partial charge >= 0.3 is 0 Å². The minimum absolute atomic E-state index is 0. The minimum atomic E-state index is -0.0299. The minimum Gasteiger partial charge on any atom is -1.00 e. The lowest BCUT2D eigenvalue weighted by Gasteiger charge is -2.32.